The first-order valence-corrected chi connectivity index (χ1v) is 4.75. The van der Waals surface area contributed by atoms with Crippen molar-refractivity contribution in [3.8, 4) is 11.5 Å². The Hall–Kier alpha value is -1.99. The number of aromatic nitrogens is 1. The van der Waals surface area contributed by atoms with Gasteiger partial charge in [0.15, 0.2) is 5.75 Å². The number of ether oxygens (including phenoxy) is 2. The van der Waals surface area contributed by atoms with Crippen LogP contribution in [0.3, 0.4) is 0 Å². The van der Waals surface area contributed by atoms with Gasteiger partial charge in [-0.05, 0) is 6.92 Å². The summed E-state index contributed by atoms with van der Waals surface area (Å²) in [5.74, 6) is -1.85. The van der Waals surface area contributed by atoms with E-state index in [-0.39, 0.29) is 17.8 Å². The maximum atomic E-state index is 12.0. The first kappa shape index (κ1) is 14.1. The van der Waals surface area contributed by atoms with Crippen LogP contribution in [0.4, 0.5) is 13.2 Å². The van der Waals surface area contributed by atoms with Crippen molar-refractivity contribution in [2.24, 2.45) is 0 Å². The Morgan fingerprint density at radius 3 is 2.61 bits per heavy atom. The molecule has 1 aromatic heterocycles. The van der Waals surface area contributed by atoms with Gasteiger partial charge < -0.3 is 14.6 Å². The highest BCUT2D eigenvalue weighted by atomic mass is 19.4. The zero-order valence-corrected chi connectivity index (χ0v) is 9.54. The van der Waals surface area contributed by atoms with Gasteiger partial charge in [0.25, 0.3) is 0 Å². The Kier molecular flexibility index (Phi) is 4.00. The first-order chi connectivity index (χ1) is 8.23. The lowest BCUT2D eigenvalue weighted by atomic mass is 10.2. The molecule has 5 nitrogen and oxygen atoms in total. The second-order valence-electron chi connectivity index (χ2n) is 3.34. The smallest absolute Gasteiger partial charge is 0.506 e. The molecule has 0 amide bonds. The van der Waals surface area contributed by atoms with Gasteiger partial charge in [-0.15, -0.1) is 13.2 Å². The van der Waals surface area contributed by atoms with E-state index in [0.717, 1.165) is 13.2 Å². The molecular formula is C10H10F3NO4. The maximum absolute atomic E-state index is 12.0. The number of carbonyl (C=O) groups is 1. The molecule has 0 bridgehead atoms. The average Bonchev–Trinajstić information content (AvgIpc) is 2.23. The fourth-order valence-electron chi connectivity index (χ4n) is 1.19. The molecule has 0 aliphatic rings. The van der Waals surface area contributed by atoms with Crippen LogP contribution in [0.25, 0.3) is 0 Å². The molecule has 100 valence electrons. The van der Waals surface area contributed by atoms with Crippen molar-refractivity contribution >= 4 is 5.97 Å². The standard InChI is InChI=1S/C10H10F3NO4/c1-5-8(18-10(11,12)13)4-7(15)6(14-5)3-9(16)17-2/h4,15H,3H2,1-2H3. The Morgan fingerprint density at radius 1 is 1.50 bits per heavy atom. The molecule has 0 fully saturated rings. The Morgan fingerprint density at radius 2 is 2.11 bits per heavy atom. The van der Waals surface area contributed by atoms with E-state index in [4.69, 9.17) is 0 Å². The minimum Gasteiger partial charge on any atom is -0.506 e. The van der Waals surface area contributed by atoms with Crippen molar-refractivity contribution in [3.05, 3.63) is 17.5 Å². The molecule has 0 aromatic carbocycles. The number of aryl methyl sites for hydroxylation is 1. The summed E-state index contributed by atoms with van der Waals surface area (Å²) in [6.07, 6.45) is -5.21. The van der Waals surface area contributed by atoms with E-state index in [2.05, 4.69) is 14.5 Å². The summed E-state index contributed by atoms with van der Waals surface area (Å²) in [6.45, 7) is 1.27. The monoisotopic (exact) mass is 265 g/mol. The van der Waals surface area contributed by atoms with Crippen LogP contribution in [0.1, 0.15) is 11.4 Å². The van der Waals surface area contributed by atoms with Gasteiger partial charge in [0.05, 0.1) is 24.9 Å². The number of methoxy groups -OCH3 is 1. The quantitative estimate of drug-likeness (QED) is 0.842. The largest absolute Gasteiger partial charge is 0.573 e. The van der Waals surface area contributed by atoms with Crippen LogP contribution < -0.4 is 4.74 Å². The minimum atomic E-state index is -4.87. The van der Waals surface area contributed by atoms with Gasteiger partial charge >= 0.3 is 12.3 Å². The van der Waals surface area contributed by atoms with Gasteiger partial charge in [0.2, 0.25) is 0 Å². The number of pyridine rings is 1. The van der Waals surface area contributed by atoms with E-state index in [1.54, 1.807) is 0 Å². The lowest BCUT2D eigenvalue weighted by molar-refractivity contribution is -0.275. The highest BCUT2D eigenvalue weighted by molar-refractivity contribution is 5.72. The third-order valence-corrected chi connectivity index (χ3v) is 1.99. The second-order valence-corrected chi connectivity index (χ2v) is 3.34. The van der Waals surface area contributed by atoms with E-state index in [1.807, 2.05) is 0 Å². The van der Waals surface area contributed by atoms with E-state index >= 15 is 0 Å². The molecule has 1 aromatic rings. The van der Waals surface area contributed by atoms with E-state index in [0.29, 0.717) is 0 Å². The van der Waals surface area contributed by atoms with Crippen LogP contribution in [-0.4, -0.2) is 29.5 Å². The van der Waals surface area contributed by atoms with E-state index in [9.17, 15) is 23.1 Å². The van der Waals surface area contributed by atoms with Crippen molar-refractivity contribution < 1.29 is 32.5 Å². The number of esters is 1. The Labute approximate surface area is 100 Å². The molecule has 0 atom stereocenters. The fraction of sp³-hybridized carbons (Fsp3) is 0.400. The predicted octanol–water partition coefficient (Wildman–Crippen LogP) is 1.71. The van der Waals surface area contributed by atoms with Crippen LogP contribution >= 0.6 is 0 Å². The van der Waals surface area contributed by atoms with Crippen molar-refractivity contribution in [1.29, 1.82) is 0 Å². The summed E-state index contributed by atoms with van der Waals surface area (Å²) in [5.41, 5.74) is -0.169. The molecule has 1 rings (SSSR count). The molecule has 0 saturated carbocycles. The number of nitrogens with zero attached hydrogens (tertiary/aromatic N) is 1. The molecule has 1 N–H and O–H groups in total. The number of aromatic hydroxyl groups is 1. The van der Waals surface area contributed by atoms with Crippen LogP contribution in [0.5, 0.6) is 11.5 Å². The third-order valence-electron chi connectivity index (χ3n) is 1.99. The minimum absolute atomic E-state index is 0.0751. The number of alkyl halides is 3. The van der Waals surface area contributed by atoms with E-state index < -0.39 is 23.8 Å². The summed E-state index contributed by atoms with van der Waals surface area (Å²) in [6, 6.07) is 0.758. The molecule has 0 aliphatic heterocycles. The highest BCUT2D eigenvalue weighted by Crippen LogP contribution is 2.30. The molecule has 18 heavy (non-hydrogen) atoms. The van der Waals surface area contributed by atoms with Gasteiger partial charge in [0.1, 0.15) is 5.75 Å². The summed E-state index contributed by atoms with van der Waals surface area (Å²) in [5, 5.41) is 9.44. The fourth-order valence-corrected chi connectivity index (χ4v) is 1.19. The van der Waals surface area contributed by atoms with Crippen LogP contribution in [0.15, 0.2) is 6.07 Å². The van der Waals surface area contributed by atoms with Gasteiger partial charge in [-0.2, -0.15) is 0 Å². The zero-order valence-electron chi connectivity index (χ0n) is 9.54. The molecule has 0 aliphatic carbocycles. The van der Waals surface area contributed by atoms with Crippen molar-refractivity contribution in [2.45, 2.75) is 19.7 Å². The molecule has 1 heterocycles. The van der Waals surface area contributed by atoms with Crippen molar-refractivity contribution in [1.82, 2.24) is 4.98 Å². The maximum Gasteiger partial charge on any atom is 0.573 e. The van der Waals surface area contributed by atoms with Gasteiger partial charge in [-0.3, -0.25) is 4.79 Å². The summed E-state index contributed by atoms with van der Waals surface area (Å²) < 4.78 is 44.1. The summed E-state index contributed by atoms with van der Waals surface area (Å²) >= 11 is 0. The average molecular weight is 265 g/mol. The van der Waals surface area contributed by atoms with Crippen LogP contribution in [0, 0.1) is 6.92 Å². The molecule has 0 unspecified atom stereocenters. The number of hydrogen-bond acceptors (Lipinski definition) is 5. The summed E-state index contributed by atoms with van der Waals surface area (Å²) in [4.78, 5) is 14.6. The van der Waals surface area contributed by atoms with E-state index in [1.165, 1.54) is 6.92 Å². The summed E-state index contributed by atoms with van der Waals surface area (Å²) in [7, 11) is 1.15. The molecular weight excluding hydrogens is 255 g/mol. The highest BCUT2D eigenvalue weighted by Gasteiger charge is 2.32. The number of halogens is 3. The lowest BCUT2D eigenvalue weighted by Gasteiger charge is -2.12. The molecule has 8 heteroatoms. The van der Waals surface area contributed by atoms with Crippen molar-refractivity contribution in [3.63, 3.8) is 0 Å². The van der Waals surface area contributed by atoms with Crippen LogP contribution in [0.2, 0.25) is 0 Å². The topological polar surface area (TPSA) is 68.7 Å². The normalized spacial score (nSPS) is 11.2. The number of hydrogen-bond donors (Lipinski definition) is 1. The van der Waals surface area contributed by atoms with Gasteiger partial charge in [-0.25, -0.2) is 4.98 Å². The zero-order chi connectivity index (χ0) is 13.9. The third kappa shape index (κ3) is 3.79. The van der Waals surface area contributed by atoms with Crippen LogP contribution in [-0.2, 0) is 16.0 Å². The molecule has 0 radical (unpaired) electrons. The SMILES string of the molecule is COC(=O)Cc1nc(C)c(OC(F)(F)F)cc1O. The Balaban J connectivity index is 3.01. The second kappa shape index (κ2) is 5.11. The number of rotatable bonds is 3. The lowest BCUT2D eigenvalue weighted by Crippen LogP contribution is -2.18. The number of carbonyl (C=O) groups excluding carboxylic acids is 1. The first-order valence-electron chi connectivity index (χ1n) is 4.75. The Bertz CT molecular complexity index is 459. The predicted molar refractivity (Wildman–Crippen MR) is 53.0 cm³/mol. The van der Waals surface area contributed by atoms with Crippen molar-refractivity contribution in [2.75, 3.05) is 7.11 Å². The molecule has 0 saturated heterocycles. The van der Waals surface area contributed by atoms with Gasteiger partial charge in [-0.1, -0.05) is 0 Å². The van der Waals surface area contributed by atoms with Gasteiger partial charge in [0, 0.05) is 6.07 Å². The molecule has 0 spiro atoms.